The molecule has 140 valence electrons. The summed E-state index contributed by atoms with van der Waals surface area (Å²) in [5, 5.41) is 1.23. The zero-order chi connectivity index (χ0) is 18.9. The van der Waals surface area contributed by atoms with Gasteiger partial charge >= 0.3 is 12.4 Å². The number of hydrogen-bond donors (Lipinski definition) is 1. The summed E-state index contributed by atoms with van der Waals surface area (Å²) in [6, 6.07) is 6.51. The van der Waals surface area contributed by atoms with Crippen molar-refractivity contribution in [2.45, 2.75) is 18.0 Å². The fraction of sp³-hybridized carbons (Fsp3) is 0.533. The largest absolute Gasteiger partial charge is 0.434 e. The normalized spacial score (nSPS) is 18.2. The number of rotatable bonds is 3. The SMILES string of the molecule is CN1CCN(C(NC(=O)c2ccccc2)(C(F)(F)F)C(F)(F)F)CC1. The highest BCUT2D eigenvalue weighted by Gasteiger charge is 2.75. The minimum absolute atomic E-state index is 0.0229. The number of alkyl halides is 6. The number of hydrogen-bond acceptors (Lipinski definition) is 3. The average Bonchev–Trinajstić information content (AvgIpc) is 2.52. The molecule has 1 aromatic carbocycles. The van der Waals surface area contributed by atoms with E-state index < -0.39 is 37.0 Å². The van der Waals surface area contributed by atoms with Crippen molar-refractivity contribution in [1.82, 2.24) is 15.1 Å². The Kier molecular flexibility index (Phi) is 5.33. The van der Waals surface area contributed by atoms with Crippen LogP contribution in [-0.2, 0) is 0 Å². The van der Waals surface area contributed by atoms with E-state index in [0.717, 1.165) is 12.1 Å². The lowest BCUT2D eigenvalue weighted by molar-refractivity contribution is -0.350. The maximum absolute atomic E-state index is 13.6. The van der Waals surface area contributed by atoms with E-state index in [4.69, 9.17) is 0 Å². The Hall–Kier alpha value is -1.81. The van der Waals surface area contributed by atoms with Crippen LogP contribution in [0.25, 0.3) is 0 Å². The molecule has 1 heterocycles. The van der Waals surface area contributed by atoms with Crippen LogP contribution in [0.4, 0.5) is 26.3 Å². The van der Waals surface area contributed by atoms with Crippen molar-refractivity contribution in [2.24, 2.45) is 0 Å². The van der Waals surface area contributed by atoms with E-state index in [1.807, 2.05) is 0 Å². The van der Waals surface area contributed by atoms with Gasteiger partial charge in [-0.15, -0.1) is 0 Å². The predicted octanol–water partition coefficient (Wildman–Crippen LogP) is 2.48. The molecule has 0 aromatic heterocycles. The fourth-order valence-electron chi connectivity index (χ4n) is 2.71. The zero-order valence-corrected chi connectivity index (χ0v) is 13.3. The maximum Gasteiger partial charge on any atom is 0.434 e. The van der Waals surface area contributed by atoms with Gasteiger partial charge in [0, 0.05) is 31.7 Å². The van der Waals surface area contributed by atoms with Crippen LogP contribution in [0, 0.1) is 0 Å². The number of likely N-dealkylation sites (N-methyl/N-ethyl adjacent to an activating group) is 1. The first kappa shape index (κ1) is 19.5. The Balaban J connectivity index is 2.45. The second kappa shape index (κ2) is 6.83. The summed E-state index contributed by atoms with van der Waals surface area (Å²) in [7, 11) is 1.60. The van der Waals surface area contributed by atoms with Gasteiger partial charge in [0.25, 0.3) is 11.6 Å². The maximum atomic E-state index is 13.6. The number of nitrogens with one attached hydrogen (secondary N) is 1. The van der Waals surface area contributed by atoms with Gasteiger partial charge in [0.05, 0.1) is 0 Å². The molecule has 0 bridgehead atoms. The molecule has 0 atom stereocenters. The molecule has 1 aliphatic heterocycles. The van der Waals surface area contributed by atoms with Crippen molar-refractivity contribution in [3.8, 4) is 0 Å². The van der Waals surface area contributed by atoms with Crippen LogP contribution in [0.2, 0.25) is 0 Å². The summed E-state index contributed by atoms with van der Waals surface area (Å²) in [6.07, 6.45) is -11.5. The number of amides is 1. The number of nitrogens with zero attached hydrogens (tertiary/aromatic N) is 2. The molecule has 0 unspecified atom stereocenters. The van der Waals surface area contributed by atoms with Gasteiger partial charge in [-0.3, -0.25) is 9.69 Å². The Morgan fingerprint density at radius 2 is 1.40 bits per heavy atom. The van der Waals surface area contributed by atoms with Gasteiger partial charge in [0.1, 0.15) is 0 Å². The fourth-order valence-corrected chi connectivity index (χ4v) is 2.71. The Morgan fingerprint density at radius 1 is 0.920 bits per heavy atom. The standard InChI is InChI=1S/C15H17F6N3O/c1-23-7-9-24(10-8-23)13(14(16,17)18,15(19,20)21)22-12(25)11-5-3-2-4-6-11/h2-6H,7-10H2,1H3,(H,22,25). The lowest BCUT2D eigenvalue weighted by atomic mass is 10.0. The molecule has 0 aliphatic carbocycles. The molecule has 1 aliphatic rings. The third-order valence-electron chi connectivity index (χ3n) is 4.13. The summed E-state index contributed by atoms with van der Waals surface area (Å²) in [5.74, 6) is -1.44. The van der Waals surface area contributed by atoms with E-state index in [1.165, 1.54) is 23.5 Å². The molecule has 25 heavy (non-hydrogen) atoms. The van der Waals surface area contributed by atoms with Crippen molar-refractivity contribution in [3.05, 3.63) is 35.9 Å². The van der Waals surface area contributed by atoms with Gasteiger partial charge in [0.15, 0.2) is 0 Å². The minimum atomic E-state index is -5.74. The summed E-state index contributed by atoms with van der Waals surface area (Å²) in [6.45, 7) is -0.917. The molecular formula is C15H17F6N3O. The van der Waals surface area contributed by atoms with Crippen LogP contribution >= 0.6 is 0 Å². The molecule has 10 heteroatoms. The topological polar surface area (TPSA) is 35.6 Å². The van der Waals surface area contributed by atoms with Crippen LogP contribution in [0.3, 0.4) is 0 Å². The summed E-state index contributed by atoms with van der Waals surface area (Å²) < 4.78 is 81.8. The monoisotopic (exact) mass is 369 g/mol. The lowest BCUT2D eigenvalue weighted by Crippen LogP contribution is -2.77. The molecule has 0 saturated carbocycles. The van der Waals surface area contributed by atoms with E-state index in [1.54, 1.807) is 11.9 Å². The number of carbonyl (C=O) groups is 1. The number of benzene rings is 1. The van der Waals surface area contributed by atoms with Gasteiger partial charge in [0.2, 0.25) is 0 Å². The molecular weight excluding hydrogens is 352 g/mol. The Labute approximate surface area is 140 Å². The van der Waals surface area contributed by atoms with Gasteiger partial charge < -0.3 is 10.2 Å². The molecule has 4 nitrogen and oxygen atoms in total. The van der Waals surface area contributed by atoms with E-state index in [2.05, 4.69) is 0 Å². The van der Waals surface area contributed by atoms with Crippen LogP contribution in [0.5, 0.6) is 0 Å². The summed E-state index contributed by atoms with van der Waals surface area (Å²) >= 11 is 0. The number of halogens is 6. The highest BCUT2D eigenvalue weighted by molar-refractivity contribution is 5.94. The second-order valence-electron chi connectivity index (χ2n) is 5.82. The quantitative estimate of drug-likeness (QED) is 0.832. The first-order valence-electron chi connectivity index (χ1n) is 7.43. The molecule has 1 amide bonds. The molecule has 1 aromatic rings. The highest BCUT2D eigenvalue weighted by Crippen LogP contribution is 2.45. The lowest BCUT2D eigenvalue weighted by Gasteiger charge is -2.48. The van der Waals surface area contributed by atoms with Gasteiger partial charge in [-0.05, 0) is 19.2 Å². The molecule has 0 radical (unpaired) electrons. The van der Waals surface area contributed by atoms with E-state index in [9.17, 15) is 31.1 Å². The number of piperazine rings is 1. The Bertz CT molecular complexity index is 580. The third kappa shape index (κ3) is 3.74. The molecule has 1 fully saturated rings. The van der Waals surface area contributed by atoms with Crippen molar-refractivity contribution in [2.75, 3.05) is 33.2 Å². The van der Waals surface area contributed by atoms with Gasteiger partial charge in [-0.1, -0.05) is 18.2 Å². The molecule has 1 N–H and O–H groups in total. The van der Waals surface area contributed by atoms with Crippen molar-refractivity contribution in [1.29, 1.82) is 0 Å². The van der Waals surface area contributed by atoms with Crippen molar-refractivity contribution in [3.63, 3.8) is 0 Å². The summed E-state index contributed by atoms with van der Waals surface area (Å²) in [5.41, 5.74) is -4.72. The second-order valence-corrected chi connectivity index (χ2v) is 5.82. The molecule has 2 rings (SSSR count). The highest BCUT2D eigenvalue weighted by atomic mass is 19.4. The first-order chi connectivity index (χ1) is 11.5. The minimum Gasteiger partial charge on any atom is -0.318 e. The van der Waals surface area contributed by atoms with Crippen molar-refractivity contribution >= 4 is 5.91 Å². The average molecular weight is 369 g/mol. The first-order valence-corrected chi connectivity index (χ1v) is 7.43. The van der Waals surface area contributed by atoms with Crippen LogP contribution in [-0.4, -0.2) is 66.9 Å². The van der Waals surface area contributed by atoms with Crippen LogP contribution < -0.4 is 5.32 Å². The number of carbonyl (C=O) groups excluding carboxylic acids is 1. The van der Waals surface area contributed by atoms with Crippen LogP contribution in [0.15, 0.2) is 30.3 Å². The smallest absolute Gasteiger partial charge is 0.318 e. The zero-order valence-electron chi connectivity index (χ0n) is 13.3. The van der Waals surface area contributed by atoms with E-state index in [0.29, 0.717) is 0 Å². The van der Waals surface area contributed by atoms with E-state index >= 15 is 0 Å². The molecule has 1 saturated heterocycles. The van der Waals surface area contributed by atoms with Gasteiger partial charge in [-0.25, -0.2) is 0 Å². The van der Waals surface area contributed by atoms with E-state index in [-0.39, 0.29) is 23.6 Å². The van der Waals surface area contributed by atoms with Crippen LogP contribution in [0.1, 0.15) is 10.4 Å². The predicted molar refractivity (Wildman–Crippen MR) is 77.8 cm³/mol. The van der Waals surface area contributed by atoms with Gasteiger partial charge in [-0.2, -0.15) is 26.3 Å². The Morgan fingerprint density at radius 3 is 1.84 bits per heavy atom. The van der Waals surface area contributed by atoms with Crippen molar-refractivity contribution < 1.29 is 31.1 Å². The molecule has 0 spiro atoms. The summed E-state index contributed by atoms with van der Waals surface area (Å²) in [4.78, 5) is 14.0. The third-order valence-corrected chi connectivity index (χ3v) is 4.13.